The summed E-state index contributed by atoms with van der Waals surface area (Å²) in [6.45, 7) is 4.02. The number of aromatic nitrogens is 1. The maximum atomic E-state index is 13.3. The molecule has 0 aliphatic heterocycles. The summed E-state index contributed by atoms with van der Waals surface area (Å²) in [4.78, 5) is 16.5. The second kappa shape index (κ2) is 9.43. The summed E-state index contributed by atoms with van der Waals surface area (Å²) in [5.74, 6) is -1.53. The lowest BCUT2D eigenvalue weighted by Crippen LogP contribution is -2.24. The molecule has 1 atom stereocenters. The van der Waals surface area contributed by atoms with Crippen molar-refractivity contribution in [3.05, 3.63) is 87.4 Å². The molecular formula is C22H20F2N2O2S. The van der Waals surface area contributed by atoms with Gasteiger partial charge in [0.1, 0.15) is 12.4 Å². The highest BCUT2D eigenvalue weighted by atomic mass is 32.1. The number of carbonyl (C=O) groups is 1. The van der Waals surface area contributed by atoms with Gasteiger partial charge in [0.25, 0.3) is 0 Å². The van der Waals surface area contributed by atoms with E-state index < -0.39 is 17.7 Å². The third-order valence-electron chi connectivity index (χ3n) is 4.14. The van der Waals surface area contributed by atoms with Crippen molar-refractivity contribution in [3.8, 4) is 5.75 Å². The standard InChI is InChI=1S/C22H20F2N2O2S/c1-14(17-7-8-20(23)21(24)11-17)25-22(27)9-6-16-4-3-5-19(10-16)28-12-18-13-29-15(2)26-18/h3-11,13-14H,12H2,1-2H3,(H,25,27)/b9-6+/t14-/m0/s1. The number of aryl methyl sites for hydroxylation is 1. The minimum atomic E-state index is -0.941. The molecule has 0 saturated heterocycles. The van der Waals surface area contributed by atoms with Crippen molar-refractivity contribution < 1.29 is 18.3 Å². The van der Waals surface area contributed by atoms with Crippen LogP contribution in [0.2, 0.25) is 0 Å². The van der Waals surface area contributed by atoms with Crippen LogP contribution in [0.25, 0.3) is 6.08 Å². The van der Waals surface area contributed by atoms with E-state index in [0.29, 0.717) is 17.9 Å². The van der Waals surface area contributed by atoms with E-state index in [-0.39, 0.29) is 5.91 Å². The number of nitrogens with one attached hydrogen (secondary N) is 1. The van der Waals surface area contributed by atoms with Crippen LogP contribution in [0, 0.1) is 18.6 Å². The molecule has 7 heteroatoms. The molecule has 1 heterocycles. The van der Waals surface area contributed by atoms with Crippen molar-refractivity contribution in [1.29, 1.82) is 0 Å². The van der Waals surface area contributed by atoms with E-state index in [2.05, 4.69) is 10.3 Å². The normalized spacial score (nSPS) is 12.1. The fourth-order valence-electron chi connectivity index (χ4n) is 2.64. The molecule has 0 spiro atoms. The van der Waals surface area contributed by atoms with E-state index in [1.807, 2.05) is 36.6 Å². The molecule has 1 aromatic heterocycles. The van der Waals surface area contributed by atoms with Gasteiger partial charge in [-0.15, -0.1) is 11.3 Å². The Morgan fingerprint density at radius 1 is 1.24 bits per heavy atom. The first-order chi connectivity index (χ1) is 13.9. The maximum Gasteiger partial charge on any atom is 0.244 e. The third kappa shape index (κ3) is 5.96. The van der Waals surface area contributed by atoms with Gasteiger partial charge in [-0.25, -0.2) is 13.8 Å². The number of thiazole rings is 1. The molecule has 1 amide bonds. The highest BCUT2D eigenvalue weighted by Crippen LogP contribution is 2.18. The van der Waals surface area contributed by atoms with Crippen LogP contribution in [0.5, 0.6) is 5.75 Å². The number of hydrogen-bond acceptors (Lipinski definition) is 4. The summed E-state index contributed by atoms with van der Waals surface area (Å²) >= 11 is 1.57. The van der Waals surface area contributed by atoms with Gasteiger partial charge in [-0.1, -0.05) is 18.2 Å². The van der Waals surface area contributed by atoms with Gasteiger partial charge in [0.15, 0.2) is 11.6 Å². The predicted molar refractivity (Wildman–Crippen MR) is 110 cm³/mol. The molecule has 0 bridgehead atoms. The van der Waals surface area contributed by atoms with Crippen molar-refractivity contribution in [3.63, 3.8) is 0 Å². The Kier molecular flexibility index (Phi) is 6.72. The topological polar surface area (TPSA) is 51.2 Å². The minimum absolute atomic E-state index is 0.341. The number of amides is 1. The average molecular weight is 414 g/mol. The zero-order valence-electron chi connectivity index (χ0n) is 16.0. The van der Waals surface area contributed by atoms with Crippen molar-refractivity contribution in [1.82, 2.24) is 10.3 Å². The summed E-state index contributed by atoms with van der Waals surface area (Å²) in [6.07, 6.45) is 3.05. The molecule has 2 aromatic carbocycles. The molecule has 0 unspecified atom stereocenters. The predicted octanol–water partition coefficient (Wildman–Crippen LogP) is 5.20. The molecule has 29 heavy (non-hydrogen) atoms. The molecule has 0 aliphatic rings. The molecule has 4 nitrogen and oxygen atoms in total. The SMILES string of the molecule is Cc1nc(COc2cccc(/C=C/C(=O)N[C@@H](C)c3ccc(F)c(F)c3)c2)cs1. The molecule has 3 aromatic rings. The highest BCUT2D eigenvalue weighted by Gasteiger charge is 2.10. The van der Waals surface area contributed by atoms with Gasteiger partial charge >= 0.3 is 0 Å². The van der Waals surface area contributed by atoms with Gasteiger partial charge < -0.3 is 10.1 Å². The number of nitrogens with zero attached hydrogens (tertiary/aromatic N) is 1. The fraction of sp³-hybridized carbons (Fsp3) is 0.182. The molecule has 0 radical (unpaired) electrons. The van der Waals surface area contributed by atoms with E-state index in [1.165, 1.54) is 12.1 Å². The lowest BCUT2D eigenvalue weighted by atomic mass is 10.1. The summed E-state index contributed by atoms with van der Waals surface area (Å²) in [5.41, 5.74) is 2.16. The van der Waals surface area contributed by atoms with Crippen LogP contribution in [0.3, 0.4) is 0 Å². The lowest BCUT2D eigenvalue weighted by Gasteiger charge is -2.13. The summed E-state index contributed by atoms with van der Waals surface area (Å²) in [7, 11) is 0. The third-order valence-corrected chi connectivity index (χ3v) is 4.96. The van der Waals surface area contributed by atoms with Gasteiger partial charge in [0, 0.05) is 11.5 Å². The smallest absolute Gasteiger partial charge is 0.244 e. The Hall–Kier alpha value is -3.06. The van der Waals surface area contributed by atoms with E-state index in [1.54, 1.807) is 24.3 Å². The van der Waals surface area contributed by atoms with Crippen molar-refractivity contribution in [2.75, 3.05) is 0 Å². The first-order valence-electron chi connectivity index (χ1n) is 8.98. The first kappa shape index (κ1) is 20.7. The number of hydrogen-bond donors (Lipinski definition) is 1. The van der Waals surface area contributed by atoms with Gasteiger partial charge in [-0.05, 0) is 55.3 Å². The number of benzene rings is 2. The fourth-order valence-corrected chi connectivity index (χ4v) is 3.24. The van der Waals surface area contributed by atoms with Crippen LogP contribution < -0.4 is 10.1 Å². The number of ether oxygens (including phenoxy) is 1. The van der Waals surface area contributed by atoms with Crippen LogP contribution >= 0.6 is 11.3 Å². The quantitative estimate of drug-likeness (QED) is 0.541. The number of halogens is 2. The first-order valence-corrected chi connectivity index (χ1v) is 9.86. The van der Waals surface area contributed by atoms with Crippen molar-refractivity contribution >= 4 is 23.3 Å². The van der Waals surface area contributed by atoms with Crippen LogP contribution in [0.4, 0.5) is 8.78 Å². The Morgan fingerprint density at radius 3 is 2.79 bits per heavy atom. The maximum absolute atomic E-state index is 13.3. The molecular weight excluding hydrogens is 394 g/mol. The molecule has 0 saturated carbocycles. The Bertz CT molecular complexity index is 1030. The zero-order valence-corrected chi connectivity index (χ0v) is 16.8. The Balaban J connectivity index is 1.57. The van der Waals surface area contributed by atoms with E-state index >= 15 is 0 Å². The summed E-state index contributed by atoms with van der Waals surface area (Å²) < 4.78 is 32.1. The van der Waals surface area contributed by atoms with Gasteiger partial charge in [-0.3, -0.25) is 4.79 Å². The summed E-state index contributed by atoms with van der Waals surface area (Å²) in [6, 6.07) is 10.4. The van der Waals surface area contributed by atoms with Crippen molar-refractivity contribution in [2.45, 2.75) is 26.5 Å². The molecule has 150 valence electrons. The van der Waals surface area contributed by atoms with Gasteiger partial charge in [0.05, 0.1) is 16.7 Å². The Labute approximate surface area is 171 Å². The van der Waals surface area contributed by atoms with E-state index in [0.717, 1.165) is 28.4 Å². The second-order valence-electron chi connectivity index (χ2n) is 6.46. The van der Waals surface area contributed by atoms with Gasteiger partial charge in [0.2, 0.25) is 5.91 Å². The molecule has 0 aliphatic carbocycles. The van der Waals surface area contributed by atoms with Crippen LogP contribution in [0.15, 0.2) is 53.9 Å². The average Bonchev–Trinajstić information content (AvgIpc) is 3.12. The second-order valence-corrected chi connectivity index (χ2v) is 7.52. The Morgan fingerprint density at radius 2 is 2.07 bits per heavy atom. The van der Waals surface area contributed by atoms with E-state index in [4.69, 9.17) is 4.74 Å². The van der Waals surface area contributed by atoms with E-state index in [9.17, 15) is 13.6 Å². The molecule has 0 fully saturated rings. The molecule has 3 rings (SSSR count). The minimum Gasteiger partial charge on any atom is -0.487 e. The summed E-state index contributed by atoms with van der Waals surface area (Å²) in [5, 5.41) is 5.67. The molecule has 1 N–H and O–H groups in total. The van der Waals surface area contributed by atoms with Crippen molar-refractivity contribution in [2.24, 2.45) is 0 Å². The van der Waals surface area contributed by atoms with Gasteiger partial charge in [-0.2, -0.15) is 0 Å². The monoisotopic (exact) mass is 414 g/mol. The zero-order chi connectivity index (χ0) is 20.8. The number of rotatable bonds is 7. The highest BCUT2D eigenvalue weighted by molar-refractivity contribution is 7.09. The van der Waals surface area contributed by atoms with Crippen LogP contribution in [-0.4, -0.2) is 10.9 Å². The number of carbonyl (C=O) groups excluding carboxylic acids is 1. The van der Waals surface area contributed by atoms with Crippen LogP contribution in [-0.2, 0) is 11.4 Å². The van der Waals surface area contributed by atoms with Crippen LogP contribution in [0.1, 0.15) is 34.8 Å². The lowest BCUT2D eigenvalue weighted by molar-refractivity contribution is -0.117. The largest absolute Gasteiger partial charge is 0.487 e.